The summed E-state index contributed by atoms with van der Waals surface area (Å²) in [5.41, 5.74) is 2.20. The van der Waals surface area contributed by atoms with Crippen molar-refractivity contribution in [2.75, 3.05) is 6.54 Å². The Labute approximate surface area is 135 Å². The molecule has 1 fully saturated rings. The highest BCUT2D eigenvalue weighted by Gasteiger charge is 2.19. The number of halogens is 2. The van der Waals surface area contributed by atoms with Crippen LogP contribution in [0.3, 0.4) is 0 Å². The first-order valence-electron chi connectivity index (χ1n) is 8.29. The van der Waals surface area contributed by atoms with E-state index in [1.165, 1.54) is 42.5 Å². The molecule has 1 unspecified atom stereocenters. The van der Waals surface area contributed by atoms with Crippen LogP contribution in [-0.2, 0) is 0 Å². The van der Waals surface area contributed by atoms with Crippen molar-refractivity contribution in [2.24, 2.45) is 5.92 Å². The van der Waals surface area contributed by atoms with Gasteiger partial charge in [-0.25, -0.2) is 13.5 Å². The summed E-state index contributed by atoms with van der Waals surface area (Å²) in [7, 11) is 0. The molecule has 1 heterocycles. The molecule has 2 aromatic rings. The lowest BCUT2D eigenvalue weighted by Crippen LogP contribution is -2.24. The fraction of sp³-hybridized carbons (Fsp3) is 0.500. The van der Waals surface area contributed by atoms with Gasteiger partial charge >= 0.3 is 0 Å². The number of aromatic nitrogens is 2. The first kappa shape index (κ1) is 16.1. The number of hydrogen-bond acceptors (Lipinski definition) is 2. The van der Waals surface area contributed by atoms with Gasteiger partial charge in [0, 0.05) is 23.4 Å². The highest BCUT2D eigenvalue weighted by atomic mass is 19.1. The highest BCUT2D eigenvalue weighted by molar-refractivity contribution is 5.37. The molecule has 0 aliphatic heterocycles. The molecule has 1 aromatic carbocycles. The normalized spacial score (nSPS) is 16.9. The maximum absolute atomic E-state index is 14.0. The van der Waals surface area contributed by atoms with E-state index in [-0.39, 0.29) is 11.7 Å². The van der Waals surface area contributed by atoms with E-state index in [1.54, 1.807) is 6.20 Å². The third-order valence-corrected chi connectivity index (χ3v) is 4.84. The molecule has 1 saturated carbocycles. The minimum Gasteiger partial charge on any atom is -0.310 e. The van der Waals surface area contributed by atoms with Crippen LogP contribution in [0.1, 0.15) is 49.9 Å². The Bertz CT molecular complexity index is 675. The van der Waals surface area contributed by atoms with Crippen LogP contribution in [0.5, 0.6) is 0 Å². The molecule has 0 spiro atoms. The van der Waals surface area contributed by atoms with E-state index in [9.17, 15) is 8.78 Å². The van der Waals surface area contributed by atoms with Crippen LogP contribution in [0.25, 0.3) is 5.69 Å². The Morgan fingerprint density at radius 1 is 1.30 bits per heavy atom. The molecule has 1 atom stereocenters. The second-order valence-electron chi connectivity index (χ2n) is 6.47. The van der Waals surface area contributed by atoms with Gasteiger partial charge in [0.2, 0.25) is 0 Å². The molecule has 1 N–H and O–H groups in total. The van der Waals surface area contributed by atoms with E-state index in [0.29, 0.717) is 0 Å². The van der Waals surface area contributed by atoms with Crippen molar-refractivity contribution in [3.8, 4) is 5.69 Å². The molecule has 0 bridgehead atoms. The average Bonchev–Trinajstić information content (AvgIpc) is 3.15. The zero-order valence-corrected chi connectivity index (χ0v) is 13.6. The smallest absolute Gasteiger partial charge is 0.151 e. The molecule has 3 rings (SSSR count). The predicted molar refractivity (Wildman–Crippen MR) is 86.6 cm³/mol. The number of benzene rings is 1. The molecular formula is C18H23F2N3. The molecule has 0 amide bonds. The maximum Gasteiger partial charge on any atom is 0.151 e. The third-order valence-electron chi connectivity index (χ3n) is 4.84. The number of nitrogens with zero attached hydrogens (tertiary/aromatic N) is 2. The standard InChI is InChI=1S/C18H23F2N3/c1-12(21-10-14-5-3-4-6-14)16-11-22-23(13(16)2)18-8-7-15(19)9-17(18)20/h7-9,11-12,14,21H,3-6,10H2,1-2H3. The molecule has 23 heavy (non-hydrogen) atoms. The SMILES string of the molecule is Cc1c(C(C)NCC2CCCC2)cnn1-c1ccc(F)cc1F. The predicted octanol–water partition coefficient (Wildman–Crippen LogP) is 4.30. The van der Waals surface area contributed by atoms with Crippen LogP contribution in [0.2, 0.25) is 0 Å². The van der Waals surface area contributed by atoms with Crippen LogP contribution in [-0.4, -0.2) is 16.3 Å². The number of hydrogen-bond donors (Lipinski definition) is 1. The zero-order chi connectivity index (χ0) is 16.4. The van der Waals surface area contributed by atoms with E-state index in [1.807, 2.05) is 6.92 Å². The van der Waals surface area contributed by atoms with E-state index in [2.05, 4.69) is 17.3 Å². The van der Waals surface area contributed by atoms with Gasteiger partial charge in [-0.2, -0.15) is 5.10 Å². The number of nitrogens with one attached hydrogen (secondary N) is 1. The lowest BCUT2D eigenvalue weighted by Gasteiger charge is -2.17. The Kier molecular flexibility index (Phi) is 4.76. The monoisotopic (exact) mass is 319 g/mol. The summed E-state index contributed by atoms with van der Waals surface area (Å²) in [6, 6.07) is 3.72. The van der Waals surface area contributed by atoms with Crippen LogP contribution in [0.15, 0.2) is 24.4 Å². The van der Waals surface area contributed by atoms with Crippen LogP contribution in [0, 0.1) is 24.5 Å². The molecular weight excluding hydrogens is 296 g/mol. The topological polar surface area (TPSA) is 29.9 Å². The Morgan fingerprint density at radius 2 is 2.04 bits per heavy atom. The quantitative estimate of drug-likeness (QED) is 0.890. The van der Waals surface area contributed by atoms with Gasteiger partial charge in [0.05, 0.1) is 6.20 Å². The van der Waals surface area contributed by atoms with E-state index in [0.717, 1.165) is 29.8 Å². The second kappa shape index (κ2) is 6.79. The van der Waals surface area contributed by atoms with Gasteiger partial charge in [0.25, 0.3) is 0 Å². The highest BCUT2D eigenvalue weighted by Crippen LogP contribution is 2.26. The van der Waals surface area contributed by atoms with Crippen LogP contribution >= 0.6 is 0 Å². The summed E-state index contributed by atoms with van der Waals surface area (Å²) in [6.07, 6.45) is 7.05. The summed E-state index contributed by atoms with van der Waals surface area (Å²) in [6.45, 7) is 5.03. The summed E-state index contributed by atoms with van der Waals surface area (Å²) in [4.78, 5) is 0. The molecule has 5 heteroatoms. The minimum absolute atomic E-state index is 0.160. The Balaban J connectivity index is 1.75. The van der Waals surface area contributed by atoms with Crippen molar-refractivity contribution in [1.29, 1.82) is 0 Å². The van der Waals surface area contributed by atoms with Crippen LogP contribution < -0.4 is 5.32 Å². The minimum atomic E-state index is -0.602. The van der Waals surface area contributed by atoms with Crippen molar-refractivity contribution in [3.05, 3.63) is 47.3 Å². The lowest BCUT2D eigenvalue weighted by molar-refractivity contribution is 0.452. The summed E-state index contributed by atoms with van der Waals surface area (Å²) in [5, 5.41) is 7.85. The van der Waals surface area contributed by atoms with Crippen molar-refractivity contribution in [3.63, 3.8) is 0 Å². The van der Waals surface area contributed by atoms with Gasteiger partial charge in [0.15, 0.2) is 5.82 Å². The van der Waals surface area contributed by atoms with Crippen molar-refractivity contribution in [2.45, 2.75) is 45.6 Å². The fourth-order valence-electron chi connectivity index (χ4n) is 3.41. The summed E-state index contributed by atoms with van der Waals surface area (Å²) < 4.78 is 28.6. The van der Waals surface area contributed by atoms with Gasteiger partial charge in [-0.15, -0.1) is 0 Å². The average molecular weight is 319 g/mol. The van der Waals surface area contributed by atoms with Crippen molar-refractivity contribution in [1.82, 2.24) is 15.1 Å². The summed E-state index contributed by atoms with van der Waals surface area (Å²) in [5.74, 6) is -0.417. The fourth-order valence-corrected chi connectivity index (χ4v) is 3.41. The molecule has 0 radical (unpaired) electrons. The van der Waals surface area contributed by atoms with Gasteiger partial charge in [-0.3, -0.25) is 0 Å². The van der Waals surface area contributed by atoms with Gasteiger partial charge in [-0.05, 0) is 51.3 Å². The largest absolute Gasteiger partial charge is 0.310 e. The lowest BCUT2D eigenvalue weighted by atomic mass is 10.1. The molecule has 0 saturated heterocycles. The van der Waals surface area contributed by atoms with E-state index < -0.39 is 11.6 Å². The first-order chi connectivity index (χ1) is 11.1. The first-order valence-corrected chi connectivity index (χ1v) is 8.29. The van der Waals surface area contributed by atoms with Crippen molar-refractivity contribution < 1.29 is 8.78 Å². The zero-order valence-electron chi connectivity index (χ0n) is 13.6. The molecule has 1 aliphatic rings. The molecule has 1 aliphatic carbocycles. The van der Waals surface area contributed by atoms with E-state index in [4.69, 9.17) is 0 Å². The van der Waals surface area contributed by atoms with Crippen molar-refractivity contribution >= 4 is 0 Å². The van der Waals surface area contributed by atoms with Gasteiger partial charge in [0.1, 0.15) is 11.5 Å². The molecule has 124 valence electrons. The Hall–Kier alpha value is -1.75. The van der Waals surface area contributed by atoms with Gasteiger partial charge < -0.3 is 5.32 Å². The van der Waals surface area contributed by atoms with E-state index >= 15 is 0 Å². The molecule has 3 nitrogen and oxygen atoms in total. The van der Waals surface area contributed by atoms with Crippen LogP contribution in [0.4, 0.5) is 8.78 Å². The Morgan fingerprint density at radius 3 is 2.74 bits per heavy atom. The number of rotatable bonds is 5. The summed E-state index contributed by atoms with van der Waals surface area (Å²) >= 11 is 0. The molecule has 1 aromatic heterocycles. The van der Waals surface area contributed by atoms with Gasteiger partial charge in [-0.1, -0.05) is 12.8 Å². The maximum atomic E-state index is 14.0. The second-order valence-corrected chi connectivity index (χ2v) is 6.47. The third kappa shape index (κ3) is 3.44.